The van der Waals surface area contributed by atoms with Crippen LogP contribution in [0.1, 0.15) is 0 Å². The number of amides is 2. The molecule has 0 unspecified atom stereocenters. The van der Waals surface area contributed by atoms with E-state index in [1.807, 2.05) is 6.07 Å². The number of rotatable bonds is 5. The average Bonchev–Trinajstić information content (AvgIpc) is 2.63. The maximum Gasteiger partial charge on any atom is 0.354 e. The zero-order valence-electron chi connectivity index (χ0n) is 12.9. The van der Waals surface area contributed by atoms with Gasteiger partial charge in [-0.15, -0.1) is 11.8 Å². The Morgan fingerprint density at radius 2 is 2.08 bits per heavy atom. The SMILES string of the molecule is COC(=O)C1=CCS[C@@H]2[C@H](NC(=O)COc3ccccc3)C(=O)N12. The van der Waals surface area contributed by atoms with Crippen molar-refractivity contribution in [3.05, 3.63) is 42.1 Å². The van der Waals surface area contributed by atoms with Crippen LogP contribution >= 0.6 is 11.8 Å². The molecule has 2 aliphatic heterocycles. The zero-order chi connectivity index (χ0) is 17.1. The highest BCUT2D eigenvalue weighted by molar-refractivity contribution is 8.00. The van der Waals surface area contributed by atoms with Crippen molar-refractivity contribution >= 4 is 29.5 Å². The second kappa shape index (κ2) is 6.96. The molecule has 1 aromatic rings. The number of nitrogens with zero attached hydrogens (tertiary/aromatic N) is 1. The van der Waals surface area contributed by atoms with E-state index in [9.17, 15) is 14.4 Å². The fourth-order valence-corrected chi connectivity index (χ4v) is 3.71. The van der Waals surface area contributed by atoms with Crippen molar-refractivity contribution in [2.45, 2.75) is 11.4 Å². The second-order valence-electron chi connectivity index (χ2n) is 5.16. The Morgan fingerprint density at radius 3 is 2.79 bits per heavy atom. The van der Waals surface area contributed by atoms with Gasteiger partial charge in [-0.2, -0.15) is 0 Å². The van der Waals surface area contributed by atoms with Crippen LogP contribution in [-0.4, -0.2) is 53.6 Å². The standard InChI is InChI=1S/C16H16N2O5S/c1-22-16(21)11-7-8-24-15-13(14(20)18(11)15)17-12(19)9-23-10-5-3-2-4-6-10/h2-7,13,15H,8-9H2,1H3,(H,17,19)/t13-,15-/m1/s1. The lowest BCUT2D eigenvalue weighted by atomic mass is 10.1. The van der Waals surface area contributed by atoms with E-state index in [1.54, 1.807) is 30.3 Å². The quantitative estimate of drug-likeness (QED) is 0.617. The summed E-state index contributed by atoms with van der Waals surface area (Å²) in [6, 6.07) is 8.29. The number of hydrogen-bond donors (Lipinski definition) is 1. The average molecular weight is 348 g/mol. The summed E-state index contributed by atoms with van der Waals surface area (Å²) in [4.78, 5) is 37.3. The van der Waals surface area contributed by atoms with Gasteiger partial charge < -0.3 is 14.8 Å². The van der Waals surface area contributed by atoms with Crippen LogP contribution < -0.4 is 10.1 Å². The molecule has 24 heavy (non-hydrogen) atoms. The van der Waals surface area contributed by atoms with Gasteiger partial charge in [0.25, 0.3) is 11.8 Å². The van der Waals surface area contributed by atoms with Crippen LogP contribution in [0.15, 0.2) is 42.1 Å². The van der Waals surface area contributed by atoms with Crippen LogP contribution in [0.25, 0.3) is 0 Å². The summed E-state index contributed by atoms with van der Waals surface area (Å²) in [7, 11) is 1.27. The van der Waals surface area contributed by atoms with E-state index in [2.05, 4.69) is 10.1 Å². The van der Waals surface area contributed by atoms with Gasteiger partial charge in [0.1, 0.15) is 22.9 Å². The van der Waals surface area contributed by atoms with Crippen molar-refractivity contribution in [3.63, 3.8) is 0 Å². The molecule has 2 atom stereocenters. The number of esters is 1. The lowest BCUT2D eigenvalue weighted by Gasteiger charge is -2.48. The molecular weight excluding hydrogens is 332 g/mol. The second-order valence-corrected chi connectivity index (χ2v) is 6.31. The van der Waals surface area contributed by atoms with E-state index in [0.717, 1.165) is 0 Å². The molecule has 0 saturated carbocycles. The number of carbonyl (C=O) groups is 3. The van der Waals surface area contributed by atoms with E-state index in [-0.39, 0.29) is 29.5 Å². The molecule has 2 amide bonds. The molecule has 2 heterocycles. The Bertz CT molecular complexity index is 691. The number of benzene rings is 1. The van der Waals surface area contributed by atoms with Gasteiger partial charge in [0.15, 0.2) is 6.61 Å². The number of fused-ring (bicyclic) bond motifs is 1. The maximum atomic E-state index is 12.2. The van der Waals surface area contributed by atoms with E-state index in [0.29, 0.717) is 11.5 Å². The van der Waals surface area contributed by atoms with Crippen LogP contribution in [0.2, 0.25) is 0 Å². The minimum absolute atomic E-state index is 0.176. The van der Waals surface area contributed by atoms with Gasteiger partial charge in [-0.1, -0.05) is 18.2 Å². The third kappa shape index (κ3) is 3.09. The highest BCUT2D eigenvalue weighted by Crippen LogP contribution is 2.37. The minimum Gasteiger partial charge on any atom is -0.484 e. The Morgan fingerprint density at radius 1 is 1.33 bits per heavy atom. The van der Waals surface area contributed by atoms with Gasteiger partial charge in [0.05, 0.1) is 7.11 Å². The number of hydrogen-bond acceptors (Lipinski definition) is 6. The smallest absolute Gasteiger partial charge is 0.354 e. The van der Waals surface area contributed by atoms with Gasteiger partial charge in [0.2, 0.25) is 0 Å². The Kier molecular flexibility index (Phi) is 4.75. The molecule has 1 N–H and O–H groups in total. The van der Waals surface area contributed by atoms with Gasteiger partial charge in [-0.05, 0) is 18.2 Å². The van der Waals surface area contributed by atoms with Crippen molar-refractivity contribution in [1.29, 1.82) is 0 Å². The molecule has 7 nitrogen and oxygen atoms in total. The van der Waals surface area contributed by atoms with Crippen molar-refractivity contribution < 1.29 is 23.9 Å². The molecule has 0 radical (unpaired) electrons. The first-order valence-corrected chi connectivity index (χ1v) is 8.37. The number of nitrogens with one attached hydrogen (secondary N) is 1. The molecule has 126 valence electrons. The van der Waals surface area contributed by atoms with Crippen LogP contribution in [0.4, 0.5) is 0 Å². The molecule has 1 aromatic carbocycles. The van der Waals surface area contributed by atoms with Crippen LogP contribution in [0, 0.1) is 0 Å². The lowest BCUT2D eigenvalue weighted by Crippen LogP contribution is -2.70. The summed E-state index contributed by atoms with van der Waals surface area (Å²) < 4.78 is 10.0. The van der Waals surface area contributed by atoms with Crippen molar-refractivity contribution in [3.8, 4) is 5.75 Å². The summed E-state index contributed by atoms with van der Waals surface area (Å²) in [5, 5.41) is 2.36. The van der Waals surface area contributed by atoms with Gasteiger partial charge in [0, 0.05) is 5.75 Å². The Hall–Kier alpha value is -2.48. The number of β-lactam (4-membered cyclic amide) rings is 1. The topological polar surface area (TPSA) is 84.9 Å². The maximum absolute atomic E-state index is 12.2. The molecule has 2 aliphatic rings. The van der Waals surface area contributed by atoms with Crippen LogP contribution in [-0.2, 0) is 19.1 Å². The molecule has 0 spiro atoms. The number of ether oxygens (including phenoxy) is 2. The highest BCUT2D eigenvalue weighted by atomic mass is 32.2. The molecule has 0 aliphatic carbocycles. The normalized spacial score (nSPS) is 22.0. The molecule has 0 bridgehead atoms. The third-order valence-electron chi connectivity index (χ3n) is 3.67. The number of thioether (sulfide) groups is 1. The van der Waals surface area contributed by atoms with E-state index < -0.39 is 12.0 Å². The lowest BCUT2D eigenvalue weighted by molar-refractivity contribution is -0.151. The predicted octanol–water partition coefficient (Wildman–Crippen LogP) is 0.522. The fraction of sp³-hybridized carbons (Fsp3) is 0.312. The van der Waals surface area contributed by atoms with Gasteiger partial charge in [-0.25, -0.2) is 4.79 Å². The summed E-state index contributed by atoms with van der Waals surface area (Å²) in [5.74, 6) is -0.0993. The minimum atomic E-state index is -0.657. The third-order valence-corrected chi connectivity index (χ3v) is 4.85. The largest absolute Gasteiger partial charge is 0.484 e. The fourth-order valence-electron chi connectivity index (χ4n) is 2.51. The molecule has 3 rings (SSSR count). The summed E-state index contributed by atoms with van der Waals surface area (Å²) in [6.07, 6.45) is 1.65. The monoisotopic (exact) mass is 348 g/mol. The van der Waals surface area contributed by atoms with E-state index in [1.165, 1.54) is 23.8 Å². The number of carbonyl (C=O) groups excluding carboxylic acids is 3. The zero-order valence-corrected chi connectivity index (χ0v) is 13.7. The highest BCUT2D eigenvalue weighted by Gasteiger charge is 2.52. The number of para-hydroxylation sites is 1. The first-order chi connectivity index (χ1) is 11.6. The number of methoxy groups -OCH3 is 1. The first-order valence-electron chi connectivity index (χ1n) is 7.32. The van der Waals surface area contributed by atoms with Crippen molar-refractivity contribution in [1.82, 2.24) is 10.2 Å². The molecular formula is C16H16N2O5S. The van der Waals surface area contributed by atoms with Crippen molar-refractivity contribution in [2.24, 2.45) is 0 Å². The predicted molar refractivity (Wildman–Crippen MR) is 87.1 cm³/mol. The van der Waals surface area contributed by atoms with Crippen LogP contribution in [0.3, 0.4) is 0 Å². The van der Waals surface area contributed by atoms with Gasteiger partial charge in [-0.3, -0.25) is 14.5 Å². The summed E-state index contributed by atoms with van der Waals surface area (Å²) in [5.41, 5.74) is 0.234. The van der Waals surface area contributed by atoms with Gasteiger partial charge >= 0.3 is 5.97 Å². The molecule has 1 saturated heterocycles. The van der Waals surface area contributed by atoms with Crippen LogP contribution in [0.5, 0.6) is 5.75 Å². The summed E-state index contributed by atoms with van der Waals surface area (Å²) >= 11 is 1.48. The van der Waals surface area contributed by atoms with E-state index >= 15 is 0 Å². The molecule has 8 heteroatoms. The van der Waals surface area contributed by atoms with Crippen molar-refractivity contribution in [2.75, 3.05) is 19.5 Å². The first kappa shape index (κ1) is 16.4. The Balaban J connectivity index is 1.56. The molecule has 0 aromatic heterocycles. The summed E-state index contributed by atoms with van der Waals surface area (Å²) in [6.45, 7) is -0.176. The Labute approximate surface area is 143 Å². The molecule has 1 fully saturated rings. The van der Waals surface area contributed by atoms with E-state index in [4.69, 9.17) is 4.74 Å².